The van der Waals surface area contributed by atoms with E-state index in [9.17, 15) is 0 Å². The summed E-state index contributed by atoms with van der Waals surface area (Å²) in [7, 11) is 0. The average Bonchev–Trinajstić information content (AvgIpc) is 3.39. The molecule has 4 aliphatic rings. The first-order valence-corrected chi connectivity index (χ1v) is 10.2. The Morgan fingerprint density at radius 1 is 0.963 bits per heavy atom. The Balaban J connectivity index is 1.16. The van der Waals surface area contributed by atoms with Crippen LogP contribution in [0.4, 0.5) is 0 Å². The van der Waals surface area contributed by atoms with Crippen molar-refractivity contribution in [3.05, 3.63) is 35.9 Å². The quantitative estimate of drug-likeness (QED) is 0.891. The molecule has 0 aromatic heterocycles. The van der Waals surface area contributed by atoms with Gasteiger partial charge in [-0.2, -0.15) is 5.10 Å². The Labute approximate surface area is 160 Å². The Morgan fingerprint density at radius 2 is 1.74 bits per heavy atom. The van der Waals surface area contributed by atoms with E-state index in [1.165, 1.54) is 38.8 Å². The third kappa shape index (κ3) is 3.58. The minimum atomic E-state index is 0.137. The molecule has 3 heterocycles. The van der Waals surface area contributed by atoms with Crippen LogP contribution in [-0.4, -0.2) is 53.7 Å². The summed E-state index contributed by atoms with van der Waals surface area (Å²) in [6, 6.07) is 9.38. The van der Waals surface area contributed by atoms with Gasteiger partial charge in [0.15, 0.2) is 0 Å². The zero-order valence-electron chi connectivity index (χ0n) is 15.6. The van der Waals surface area contributed by atoms with E-state index in [0.717, 1.165) is 35.9 Å². The van der Waals surface area contributed by atoms with E-state index in [2.05, 4.69) is 50.9 Å². The number of hydrazine groups is 1. The lowest BCUT2D eigenvalue weighted by atomic mass is 10.0. The van der Waals surface area contributed by atoms with Crippen LogP contribution in [-0.2, 0) is 0 Å². The highest BCUT2D eigenvalue weighted by Gasteiger charge is 2.28. The zero-order chi connectivity index (χ0) is 18.1. The SMILES string of the molecule is C1=NN=CN2NC(c3ccc(OC4CCN(C5CCCC5)CC4)cc3)=CC12. The minimum absolute atomic E-state index is 0.137. The maximum absolute atomic E-state index is 6.26. The van der Waals surface area contributed by atoms with Crippen molar-refractivity contribution < 1.29 is 4.74 Å². The maximum atomic E-state index is 6.26. The fraction of sp³-hybridized carbons (Fsp3) is 0.524. The largest absolute Gasteiger partial charge is 0.490 e. The Morgan fingerprint density at radius 3 is 2.48 bits per heavy atom. The lowest BCUT2D eigenvalue weighted by molar-refractivity contribution is 0.0768. The van der Waals surface area contributed by atoms with Gasteiger partial charge in [0.1, 0.15) is 24.2 Å². The van der Waals surface area contributed by atoms with E-state index >= 15 is 0 Å². The van der Waals surface area contributed by atoms with E-state index in [1.807, 2.05) is 11.2 Å². The number of nitrogens with one attached hydrogen (secondary N) is 1. The van der Waals surface area contributed by atoms with E-state index in [4.69, 9.17) is 4.74 Å². The lowest BCUT2D eigenvalue weighted by Gasteiger charge is -2.36. The van der Waals surface area contributed by atoms with Crippen LogP contribution in [0, 0.1) is 0 Å². The van der Waals surface area contributed by atoms with Gasteiger partial charge in [-0.15, -0.1) is 5.10 Å². The first kappa shape index (κ1) is 16.8. The average molecular weight is 365 g/mol. The molecule has 27 heavy (non-hydrogen) atoms. The summed E-state index contributed by atoms with van der Waals surface area (Å²) < 4.78 is 6.26. The standard InChI is InChI=1S/C21H27N5O/c1-2-4-17(3-1)25-11-9-20(10-12-25)27-19-7-5-16(6-8-19)21-13-18-14-22-23-15-26(18)24-21/h5-8,13-15,17-18,20,24H,1-4,9-12H2. The highest BCUT2D eigenvalue weighted by atomic mass is 16.5. The van der Waals surface area contributed by atoms with Crippen LogP contribution in [0.5, 0.6) is 5.75 Å². The van der Waals surface area contributed by atoms with Gasteiger partial charge in [0.25, 0.3) is 0 Å². The van der Waals surface area contributed by atoms with Crippen molar-refractivity contribution in [1.82, 2.24) is 15.3 Å². The van der Waals surface area contributed by atoms with Gasteiger partial charge in [0.2, 0.25) is 0 Å². The van der Waals surface area contributed by atoms with E-state index in [0.29, 0.717) is 6.10 Å². The summed E-state index contributed by atoms with van der Waals surface area (Å²) >= 11 is 0. The van der Waals surface area contributed by atoms with Crippen molar-refractivity contribution >= 4 is 18.3 Å². The number of likely N-dealkylation sites (tertiary alicyclic amines) is 1. The van der Waals surface area contributed by atoms with E-state index in [-0.39, 0.29) is 6.04 Å². The summed E-state index contributed by atoms with van der Waals surface area (Å²) in [6.07, 6.45) is 13.9. The first-order valence-electron chi connectivity index (χ1n) is 10.2. The molecule has 1 saturated carbocycles. The van der Waals surface area contributed by atoms with Crippen LogP contribution in [0.15, 0.2) is 40.5 Å². The topological polar surface area (TPSA) is 52.5 Å². The molecule has 6 nitrogen and oxygen atoms in total. The van der Waals surface area contributed by atoms with Crippen molar-refractivity contribution in [2.45, 2.75) is 56.7 Å². The molecule has 1 unspecified atom stereocenters. The molecule has 1 aliphatic carbocycles. The molecular weight excluding hydrogens is 338 g/mol. The normalized spacial score (nSPS) is 26.1. The second-order valence-electron chi connectivity index (χ2n) is 7.90. The minimum Gasteiger partial charge on any atom is -0.490 e. The van der Waals surface area contributed by atoms with Gasteiger partial charge in [-0.25, -0.2) is 0 Å². The fourth-order valence-corrected chi connectivity index (χ4v) is 4.61. The van der Waals surface area contributed by atoms with Gasteiger partial charge in [0, 0.05) is 19.1 Å². The number of hydrogen-bond acceptors (Lipinski definition) is 6. The molecule has 1 aromatic carbocycles. The molecule has 0 radical (unpaired) electrons. The molecule has 1 atom stereocenters. The third-order valence-corrected chi connectivity index (χ3v) is 6.16. The predicted molar refractivity (Wildman–Crippen MR) is 108 cm³/mol. The van der Waals surface area contributed by atoms with Gasteiger partial charge < -0.3 is 9.64 Å². The molecule has 142 valence electrons. The van der Waals surface area contributed by atoms with Crippen LogP contribution < -0.4 is 10.2 Å². The molecule has 5 rings (SSSR count). The molecule has 1 saturated heterocycles. The van der Waals surface area contributed by atoms with Crippen molar-refractivity contribution in [3.8, 4) is 5.75 Å². The number of piperidine rings is 1. The van der Waals surface area contributed by atoms with Gasteiger partial charge in [-0.3, -0.25) is 10.4 Å². The number of hydrogen-bond donors (Lipinski definition) is 1. The summed E-state index contributed by atoms with van der Waals surface area (Å²) in [6.45, 7) is 2.37. The summed E-state index contributed by atoms with van der Waals surface area (Å²) in [5.41, 5.74) is 5.58. The molecule has 0 spiro atoms. The summed E-state index contributed by atoms with van der Waals surface area (Å²) in [5.74, 6) is 0.970. The van der Waals surface area contributed by atoms with Crippen molar-refractivity contribution in [2.24, 2.45) is 10.2 Å². The second-order valence-corrected chi connectivity index (χ2v) is 7.90. The Hall–Kier alpha value is -2.34. The molecular formula is C21H27N5O. The highest BCUT2D eigenvalue weighted by molar-refractivity contribution is 5.82. The fourth-order valence-electron chi connectivity index (χ4n) is 4.61. The lowest BCUT2D eigenvalue weighted by Crippen LogP contribution is -2.43. The maximum Gasteiger partial charge on any atom is 0.133 e. The molecule has 0 bridgehead atoms. The van der Waals surface area contributed by atoms with Crippen molar-refractivity contribution in [2.75, 3.05) is 13.1 Å². The predicted octanol–water partition coefficient (Wildman–Crippen LogP) is 3.03. The van der Waals surface area contributed by atoms with Gasteiger partial charge in [0.05, 0.1) is 11.9 Å². The zero-order valence-corrected chi connectivity index (χ0v) is 15.6. The third-order valence-electron chi connectivity index (χ3n) is 6.16. The van der Waals surface area contributed by atoms with E-state index < -0.39 is 0 Å². The smallest absolute Gasteiger partial charge is 0.133 e. The Kier molecular flexibility index (Phi) is 4.57. The number of fused-ring (bicyclic) bond motifs is 1. The molecule has 1 aromatic rings. The van der Waals surface area contributed by atoms with Gasteiger partial charge >= 0.3 is 0 Å². The van der Waals surface area contributed by atoms with Crippen LogP contribution in [0.25, 0.3) is 5.70 Å². The summed E-state index contributed by atoms with van der Waals surface area (Å²) in [4.78, 5) is 2.69. The number of benzene rings is 1. The molecule has 3 aliphatic heterocycles. The number of rotatable bonds is 4. The highest BCUT2D eigenvalue weighted by Crippen LogP contribution is 2.28. The van der Waals surface area contributed by atoms with Crippen LogP contribution in [0.2, 0.25) is 0 Å². The van der Waals surface area contributed by atoms with Gasteiger partial charge in [-0.05, 0) is 61.6 Å². The molecule has 2 fully saturated rings. The monoisotopic (exact) mass is 365 g/mol. The Bertz CT molecular complexity index is 742. The van der Waals surface area contributed by atoms with Crippen molar-refractivity contribution in [1.29, 1.82) is 0 Å². The van der Waals surface area contributed by atoms with Crippen LogP contribution >= 0.6 is 0 Å². The van der Waals surface area contributed by atoms with Gasteiger partial charge in [-0.1, -0.05) is 12.8 Å². The van der Waals surface area contributed by atoms with Crippen LogP contribution in [0.3, 0.4) is 0 Å². The van der Waals surface area contributed by atoms with Crippen molar-refractivity contribution in [3.63, 3.8) is 0 Å². The summed E-state index contributed by atoms with van der Waals surface area (Å²) in [5, 5.41) is 9.81. The molecule has 0 amide bonds. The number of nitrogens with zero attached hydrogens (tertiary/aromatic N) is 4. The second kappa shape index (κ2) is 7.35. The number of ether oxygens (including phenoxy) is 1. The molecule has 6 heteroatoms. The molecule has 1 N–H and O–H groups in total. The van der Waals surface area contributed by atoms with Crippen LogP contribution in [0.1, 0.15) is 44.1 Å². The van der Waals surface area contributed by atoms with E-state index in [1.54, 1.807) is 6.34 Å². The first-order chi connectivity index (χ1) is 13.3.